The lowest BCUT2D eigenvalue weighted by Crippen LogP contribution is -2.49. The van der Waals surface area contributed by atoms with Crippen LogP contribution in [0, 0.1) is 9.49 Å². The molecule has 2 N–H and O–H groups in total. The SMILES string of the molecule is COc1ccc(C(=O)N2CCC(C)CC2CN)c(I)c1. The van der Waals surface area contributed by atoms with E-state index in [-0.39, 0.29) is 11.9 Å². The first-order chi connectivity index (χ1) is 9.56. The van der Waals surface area contributed by atoms with Crippen LogP contribution < -0.4 is 10.5 Å². The Morgan fingerprint density at radius 3 is 2.90 bits per heavy atom. The first-order valence-electron chi connectivity index (χ1n) is 6.91. The molecule has 0 aliphatic carbocycles. The number of halogens is 1. The van der Waals surface area contributed by atoms with Crippen molar-refractivity contribution in [2.75, 3.05) is 20.2 Å². The van der Waals surface area contributed by atoms with Crippen LogP contribution >= 0.6 is 22.6 Å². The molecule has 0 spiro atoms. The van der Waals surface area contributed by atoms with Crippen LogP contribution in [0.4, 0.5) is 0 Å². The lowest BCUT2D eigenvalue weighted by Gasteiger charge is -2.38. The Kier molecular flexibility index (Phi) is 5.26. The van der Waals surface area contributed by atoms with E-state index in [0.717, 1.165) is 34.3 Å². The van der Waals surface area contributed by atoms with Crippen molar-refractivity contribution in [2.45, 2.75) is 25.8 Å². The molecule has 4 nitrogen and oxygen atoms in total. The fourth-order valence-electron chi connectivity index (χ4n) is 2.69. The van der Waals surface area contributed by atoms with Gasteiger partial charge in [-0.05, 0) is 59.5 Å². The number of hydrogen-bond acceptors (Lipinski definition) is 3. The summed E-state index contributed by atoms with van der Waals surface area (Å²) in [6.45, 7) is 3.55. The third kappa shape index (κ3) is 3.25. The number of ether oxygens (including phenoxy) is 1. The molecule has 0 saturated carbocycles. The van der Waals surface area contributed by atoms with E-state index < -0.39 is 0 Å². The second-order valence-corrected chi connectivity index (χ2v) is 6.53. The molecule has 1 saturated heterocycles. The molecule has 1 aromatic rings. The molecule has 2 atom stereocenters. The third-order valence-corrected chi connectivity index (χ3v) is 4.81. The zero-order valence-corrected chi connectivity index (χ0v) is 14.1. The summed E-state index contributed by atoms with van der Waals surface area (Å²) in [5.41, 5.74) is 6.58. The molecule has 1 aliphatic rings. The van der Waals surface area contributed by atoms with Crippen molar-refractivity contribution in [2.24, 2.45) is 11.7 Å². The molecule has 0 bridgehead atoms. The van der Waals surface area contributed by atoms with Crippen molar-refractivity contribution in [1.82, 2.24) is 4.90 Å². The Balaban J connectivity index is 2.22. The van der Waals surface area contributed by atoms with Crippen molar-refractivity contribution >= 4 is 28.5 Å². The number of likely N-dealkylation sites (tertiary alicyclic amines) is 1. The van der Waals surface area contributed by atoms with E-state index in [1.165, 1.54) is 0 Å². The van der Waals surface area contributed by atoms with Crippen molar-refractivity contribution < 1.29 is 9.53 Å². The Morgan fingerprint density at radius 2 is 2.30 bits per heavy atom. The van der Waals surface area contributed by atoms with Gasteiger partial charge in [-0.15, -0.1) is 0 Å². The second kappa shape index (κ2) is 6.76. The predicted molar refractivity (Wildman–Crippen MR) is 88.0 cm³/mol. The number of nitrogens with two attached hydrogens (primary N) is 1. The van der Waals surface area contributed by atoms with E-state index in [2.05, 4.69) is 29.5 Å². The molecule has 0 radical (unpaired) electrons. The maximum Gasteiger partial charge on any atom is 0.255 e. The summed E-state index contributed by atoms with van der Waals surface area (Å²) in [5.74, 6) is 1.50. The lowest BCUT2D eigenvalue weighted by atomic mass is 9.92. The molecule has 2 unspecified atom stereocenters. The highest BCUT2D eigenvalue weighted by Crippen LogP contribution is 2.26. The molecule has 5 heteroatoms. The van der Waals surface area contributed by atoms with Gasteiger partial charge in [-0.1, -0.05) is 6.92 Å². The van der Waals surface area contributed by atoms with Crippen LogP contribution in [0.1, 0.15) is 30.1 Å². The molecule has 1 aromatic carbocycles. The topological polar surface area (TPSA) is 55.6 Å². The first-order valence-corrected chi connectivity index (χ1v) is 7.99. The Bertz CT molecular complexity index is 493. The van der Waals surface area contributed by atoms with Crippen molar-refractivity contribution in [3.8, 4) is 5.75 Å². The van der Waals surface area contributed by atoms with Crippen LogP contribution in [0.3, 0.4) is 0 Å². The molecule has 2 rings (SSSR count). The van der Waals surface area contributed by atoms with Gasteiger partial charge in [0.05, 0.1) is 12.7 Å². The quantitative estimate of drug-likeness (QED) is 0.810. The highest BCUT2D eigenvalue weighted by molar-refractivity contribution is 14.1. The molecule has 1 aliphatic heterocycles. The van der Waals surface area contributed by atoms with E-state index in [1.807, 2.05) is 23.1 Å². The second-order valence-electron chi connectivity index (χ2n) is 5.36. The van der Waals surface area contributed by atoms with Gasteiger partial charge in [-0.25, -0.2) is 0 Å². The van der Waals surface area contributed by atoms with Crippen LogP contribution in [0.15, 0.2) is 18.2 Å². The van der Waals surface area contributed by atoms with Crippen molar-refractivity contribution in [1.29, 1.82) is 0 Å². The Hall–Kier alpha value is -0.820. The monoisotopic (exact) mass is 388 g/mol. The summed E-state index contributed by atoms with van der Waals surface area (Å²) in [5, 5.41) is 0. The minimum atomic E-state index is 0.0828. The maximum absolute atomic E-state index is 12.7. The number of rotatable bonds is 3. The van der Waals surface area contributed by atoms with Crippen LogP contribution in [0.5, 0.6) is 5.75 Å². The van der Waals surface area contributed by atoms with Gasteiger partial charge in [0, 0.05) is 22.7 Å². The van der Waals surface area contributed by atoms with E-state index in [1.54, 1.807) is 7.11 Å². The van der Waals surface area contributed by atoms with Crippen LogP contribution in [-0.4, -0.2) is 37.0 Å². The Labute approximate surface area is 133 Å². The molecule has 1 heterocycles. The van der Waals surface area contributed by atoms with Crippen molar-refractivity contribution in [3.05, 3.63) is 27.3 Å². The first kappa shape index (κ1) is 15.6. The standard InChI is InChI=1S/C15H21IN2O2/c1-10-5-6-18(11(7-10)9-17)15(19)13-4-3-12(20-2)8-14(13)16/h3-4,8,10-11H,5-7,9,17H2,1-2H3. The van der Waals surface area contributed by atoms with Crippen LogP contribution in [-0.2, 0) is 0 Å². The fourth-order valence-corrected chi connectivity index (χ4v) is 3.41. The number of piperidine rings is 1. The molecule has 0 aromatic heterocycles. The van der Waals surface area contributed by atoms with Crippen molar-refractivity contribution in [3.63, 3.8) is 0 Å². The minimum Gasteiger partial charge on any atom is -0.497 e. The number of carbonyl (C=O) groups is 1. The third-order valence-electron chi connectivity index (χ3n) is 3.92. The van der Waals surface area contributed by atoms with Gasteiger partial charge in [-0.3, -0.25) is 4.79 Å². The number of methoxy groups -OCH3 is 1. The van der Waals surface area contributed by atoms with Gasteiger partial charge in [0.25, 0.3) is 5.91 Å². The maximum atomic E-state index is 12.7. The number of amides is 1. The highest BCUT2D eigenvalue weighted by atomic mass is 127. The molecule has 1 amide bonds. The summed E-state index contributed by atoms with van der Waals surface area (Å²) in [6.07, 6.45) is 2.05. The molecular weight excluding hydrogens is 367 g/mol. The number of benzene rings is 1. The van der Waals surface area contributed by atoms with E-state index >= 15 is 0 Å². The van der Waals surface area contributed by atoms with Gasteiger partial charge in [0.2, 0.25) is 0 Å². The highest BCUT2D eigenvalue weighted by Gasteiger charge is 2.30. The zero-order chi connectivity index (χ0) is 14.7. The molecular formula is C15H21IN2O2. The smallest absolute Gasteiger partial charge is 0.255 e. The Morgan fingerprint density at radius 1 is 1.55 bits per heavy atom. The largest absolute Gasteiger partial charge is 0.497 e. The normalized spacial score (nSPS) is 22.7. The van der Waals surface area contributed by atoms with E-state index in [0.29, 0.717) is 12.5 Å². The number of hydrogen-bond donors (Lipinski definition) is 1. The molecule has 1 fully saturated rings. The lowest BCUT2D eigenvalue weighted by molar-refractivity contribution is 0.0572. The summed E-state index contributed by atoms with van der Waals surface area (Å²) in [6, 6.07) is 5.72. The fraction of sp³-hybridized carbons (Fsp3) is 0.533. The predicted octanol–water partition coefficient (Wildman–Crippen LogP) is 2.50. The van der Waals surface area contributed by atoms with Crippen LogP contribution in [0.2, 0.25) is 0 Å². The average molecular weight is 388 g/mol. The molecule has 20 heavy (non-hydrogen) atoms. The summed E-state index contributed by atoms with van der Waals surface area (Å²) >= 11 is 2.19. The zero-order valence-electron chi connectivity index (χ0n) is 11.9. The van der Waals surface area contributed by atoms with E-state index in [9.17, 15) is 4.79 Å². The molecule has 110 valence electrons. The summed E-state index contributed by atoms with van der Waals surface area (Å²) in [4.78, 5) is 14.7. The number of carbonyl (C=O) groups excluding carboxylic acids is 1. The van der Waals surface area contributed by atoms with Gasteiger partial charge in [0.1, 0.15) is 5.75 Å². The van der Waals surface area contributed by atoms with Gasteiger partial charge in [-0.2, -0.15) is 0 Å². The summed E-state index contributed by atoms with van der Waals surface area (Å²) in [7, 11) is 1.63. The average Bonchev–Trinajstić information content (AvgIpc) is 2.46. The van der Waals surface area contributed by atoms with E-state index in [4.69, 9.17) is 10.5 Å². The van der Waals surface area contributed by atoms with Gasteiger partial charge in [0.15, 0.2) is 0 Å². The van der Waals surface area contributed by atoms with Crippen LogP contribution in [0.25, 0.3) is 0 Å². The van der Waals surface area contributed by atoms with Gasteiger partial charge < -0.3 is 15.4 Å². The minimum absolute atomic E-state index is 0.0828. The summed E-state index contributed by atoms with van der Waals surface area (Å²) < 4.78 is 6.10. The van der Waals surface area contributed by atoms with Gasteiger partial charge >= 0.3 is 0 Å². The number of nitrogens with zero attached hydrogens (tertiary/aromatic N) is 1.